The Hall–Kier alpha value is -2.18. The van der Waals surface area contributed by atoms with Crippen molar-refractivity contribution in [3.8, 4) is 0 Å². The van der Waals surface area contributed by atoms with Crippen molar-refractivity contribution in [2.24, 2.45) is 5.73 Å². The Morgan fingerprint density at radius 2 is 2.27 bits per heavy atom. The van der Waals surface area contributed by atoms with Crippen molar-refractivity contribution in [3.05, 3.63) is 45.7 Å². The van der Waals surface area contributed by atoms with Crippen LogP contribution in [0.2, 0.25) is 0 Å². The SMILES string of the molecule is COC1CCN(Cc2cc(=O)c3cc(C(N)=O)ccc3[nH]2)C1. The Morgan fingerprint density at radius 1 is 1.45 bits per heavy atom. The van der Waals surface area contributed by atoms with Crippen molar-refractivity contribution in [1.82, 2.24) is 9.88 Å². The van der Waals surface area contributed by atoms with Crippen LogP contribution in [0.15, 0.2) is 29.1 Å². The van der Waals surface area contributed by atoms with E-state index in [1.165, 1.54) is 6.07 Å². The standard InChI is InChI=1S/C16H19N3O3/c1-22-12-4-5-19(9-12)8-11-7-15(20)13-6-10(16(17)21)2-3-14(13)18-11/h2-3,6-7,12H,4-5,8-9H2,1H3,(H2,17,21)(H,18,20). The molecule has 0 aliphatic carbocycles. The number of carbonyl (C=O) groups is 1. The lowest BCUT2D eigenvalue weighted by molar-refractivity contribution is 0.100. The van der Waals surface area contributed by atoms with Crippen molar-refractivity contribution < 1.29 is 9.53 Å². The van der Waals surface area contributed by atoms with Gasteiger partial charge in [-0.2, -0.15) is 0 Å². The fourth-order valence-corrected chi connectivity index (χ4v) is 2.91. The number of nitrogens with zero attached hydrogens (tertiary/aromatic N) is 1. The first-order valence-electron chi connectivity index (χ1n) is 7.27. The molecule has 2 heterocycles. The zero-order valence-electron chi connectivity index (χ0n) is 12.5. The van der Waals surface area contributed by atoms with Gasteiger partial charge in [0.1, 0.15) is 0 Å². The molecule has 6 heteroatoms. The molecule has 1 fully saturated rings. The average molecular weight is 301 g/mol. The second-order valence-electron chi connectivity index (χ2n) is 5.66. The molecule has 6 nitrogen and oxygen atoms in total. The van der Waals surface area contributed by atoms with Gasteiger partial charge in [0.2, 0.25) is 5.91 Å². The average Bonchev–Trinajstić information content (AvgIpc) is 2.94. The number of amides is 1. The first-order chi connectivity index (χ1) is 10.6. The van der Waals surface area contributed by atoms with Crippen molar-refractivity contribution in [1.29, 1.82) is 0 Å². The molecule has 0 saturated carbocycles. The van der Waals surface area contributed by atoms with E-state index in [1.54, 1.807) is 25.3 Å². The van der Waals surface area contributed by atoms with Crippen molar-refractivity contribution in [2.45, 2.75) is 19.1 Å². The number of hydrogen-bond acceptors (Lipinski definition) is 4. The molecule has 0 spiro atoms. The zero-order chi connectivity index (χ0) is 15.7. The van der Waals surface area contributed by atoms with E-state index in [1.807, 2.05) is 0 Å². The Morgan fingerprint density at radius 3 is 2.95 bits per heavy atom. The van der Waals surface area contributed by atoms with Gasteiger partial charge < -0.3 is 15.5 Å². The van der Waals surface area contributed by atoms with E-state index in [2.05, 4.69) is 9.88 Å². The van der Waals surface area contributed by atoms with Crippen LogP contribution in [-0.2, 0) is 11.3 Å². The summed E-state index contributed by atoms with van der Waals surface area (Å²) in [4.78, 5) is 29.0. The number of fused-ring (bicyclic) bond motifs is 1. The number of aromatic nitrogens is 1. The summed E-state index contributed by atoms with van der Waals surface area (Å²) in [5.41, 5.74) is 7.07. The summed E-state index contributed by atoms with van der Waals surface area (Å²) in [5, 5.41) is 0.483. The van der Waals surface area contributed by atoms with Crippen LogP contribution in [0.4, 0.5) is 0 Å². The first kappa shape index (κ1) is 14.7. The number of rotatable bonds is 4. The van der Waals surface area contributed by atoms with Gasteiger partial charge in [-0.15, -0.1) is 0 Å². The van der Waals surface area contributed by atoms with E-state index >= 15 is 0 Å². The summed E-state index contributed by atoms with van der Waals surface area (Å²) in [5.74, 6) is -0.534. The van der Waals surface area contributed by atoms with Gasteiger partial charge in [-0.25, -0.2) is 0 Å². The quantitative estimate of drug-likeness (QED) is 0.876. The number of carbonyl (C=O) groups excluding carboxylic acids is 1. The minimum Gasteiger partial charge on any atom is -0.380 e. The monoisotopic (exact) mass is 301 g/mol. The van der Waals surface area contributed by atoms with E-state index in [-0.39, 0.29) is 11.5 Å². The zero-order valence-corrected chi connectivity index (χ0v) is 12.5. The topological polar surface area (TPSA) is 88.4 Å². The number of H-pyrrole nitrogens is 1. The second-order valence-corrected chi connectivity index (χ2v) is 5.66. The Balaban J connectivity index is 1.88. The Kier molecular flexibility index (Phi) is 3.96. The maximum absolute atomic E-state index is 12.3. The van der Waals surface area contributed by atoms with Crippen LogP contribution < -0.4 is 11.2 Å². The molecule has 1 unspecified atom stereocenters. The molecule has 22 heavy (non-hydrogen) atoms. The van der Waals surface area contributed by atoms with Gasteiger partial charge in [0.15, 0.2) is 5.43 Å². The third-order valence-electron chi connectivity index (χ3n) is 4.13. The maximum Gasteiger partial charge on any atom is 0.248 e. The van der Waals surface area contributed by atoms with Gasteiger partial charge in [0.05, 0.1) is 6.10 Å². The van der Waals surface area contributed by atoms with Crippen molar-refractivity contribution in [3.63, 3.8) is 0 Å². The molecule has 1 atom stereocenters. The predicted octanol–water partition coefficient (Wildman–Crippen LogP) is 0.848. The van der Waals surface area contributed by atoms with Gasteiger partial charge in [0.25, 0.3) is 0 Å². The summed E-state index contributed by atoms with van der Waals surface area (Å²) in [6.07, 6.45) is 1.28. The number of ether oxygens (including phenoxy) is 1. The van der Waals surface area contributed by atoms with Gasteiger partial charge in [-0.3, -0.25) is 14.5 Å². The Bertz CT molecular complexity index is 769. The maximum atomic E-state index is 12.3. The summed E-state index contributed by atoms with van der Waals surface area (Å²) in [6, 6.07) is 6.48. The van der Waals surface area contributed by atoms with Gasteiger partial charge in [0, 0.05) is 55.0 Å². The molecular formula is C16H19N3O3. The number of primary amides is 1. The smallest absolute Gasteiger partial charge is 0.248 e. The largest absolute Gasteiger partial charge is 0.380 e. The van der Waals surface area contributed by atoms with Crippen molar-refractivity contribution >= 4 is 16.8 Å². The van der Waals surface area contributed by atoms with Crippen LogP contribution in [0.25, 0.3) is 10.9 Å². The third kappa shape index (κ3) is 2.88. The fourth-order valence-electron chi connectivity index (χ4n) is 2.91. The normalized spacial score (nSPS) is 18.9. The van der Waals surface area contributed by atoms with Crippen molar-refractivity contribution in [2.75, 3.05) is 20.2 Å². The first-order valence-corrected chi connectivity index (χ1v) is 7.27. The molecule has 1 amide bonds. The molecule has 1 aromatic carbocycles. The molecule has 3 rings (SSSR count). The summed E-state index contributed by atoms with van der Waals surface area (Å²) >= 11 is 0. The van der Waals surface area contributed by atoms with Gasteiger partial charge in [-0.05, 0) is 24.6 Å². The van der Waals surface area contributed by atoms with Crippen LogP contribution in [0.1, 0.15) is 22.5 Å². The number of methoxy groups -OCH3 is 1. The summed E-state index contributed by atoms with van der Waals surface area (Å²) < 4.78 is 5.35. The Labute approximate surface area is 127 Å². The summed E-state index contributed by atoms with van der Waals surface area (Å²) in [6.45, 7) is 2.51. The number of benzene rings is 1. The van der Waals surface area contributed by atoms with E-state index in [0.717, 1.165) is 30.7 Å². The molecule has 1 aliphatic rings. The van der Waals surface area contributed by atoms with E-state index in [9.17, 15) is 9.59 Å². The minimum atomic E-state index is -0.534. The highest BCUT2D eigenvalue weighted by Crippen LogP contribution is 2.16. The van der Waals surface area contributed by atoms with E-state index in [4.69, 9.17) is 10.5 Å². The van der Waals surface area contributed by atoms with Crippen LogP contribution in [-0.4, -0.2) is 42.1 Å². The lowest BCUT2D eigenvalue weighted by Gasteiger charge is -2.15. The highest BCUT2D eigenvalue weighted by molar-refractivity contribution is 5.96. The van der Waals surface area contributed by atoms with E-state index < -0.39 is 5.91 Å². The summed E-state index contributed by atoms with van der Waals surface area (Å²) in [7, 11) is 1.72. The highest BCUT2D eigenvalue weighted by atomic mass is 16.5. The second kappa shape index (κ2) is 5.90. The van der Waals surface area contributed by atoms with Crippen LogP contribution >= 0.6 is 0 Å². The van der Waals surface area contributed by atoms with Crippen LogP contribution in [0.5, 0.6) is 0 Å². The third-order valence-corrected chi connectivity index (χ3v) is 4.13. The number of aromatic amines is 1. The lowest BCUT2D eigenvalue weighted by atomic mass is 10.1. The van der Waals surface area contributed by atoms with Gasteiger partial charge >= 0.3 is 0 Å². The predicted molar refractivity (Wildman–Crippen MR) is 83.8 cm³/mol. The number of likely N-dealkylation sites (tertiary alicyclic amines) is 1. The highest BCUT2D eigenvalue weighted by Gasteiger charge is 2.22. The van der Waals surface area contributed by atoms with Crippen LogP contribution in [0.3, 0.4) is 0 Å². The minimum absolute atomic E-state index is 0.102. The molecule has 116 valence electrons. The number of nitrogens with two attached hydrogens (primary N) is 1. The van der Waals surface area contributed by atoms with E-state index in [0.29, 0.717) is 17.5 Å². The molecule has 0 radical (unpaired) electrons. The number of pyridine rings is 1. The molecule has 1 aromatic heterocycles. The number of hydrogen-bond donors (Lipinski definition) is 2. The molecule has 2 aromatic rings. The molecule has 1 aliphatic heterocycles. The van der Waals surface area contributed by atoms with Gasteiger partial charge in [-0.1, -0.05) is 0 Å². The molecule has 0 bridgehead atoms. The number of nitrogens with one attached hydrogen (secondary N) is 1. The molecule has 1 saturated heterocycles. The molecule has 3 N–H and O–H groups in total. The molecular weight excluding hydrogens is 282 g/mol. The fraction of sp³-hybridized carbons (Fsp3) is 0.375. The van der Waals surface area contributed by atoms with Crippen LogP contribution in [0, 0.1) is 0 Å². The lowest BCUT2D eigenvalue weighted by Crippen LogP contribution is -2.23.